The fourth-order valence-corrected chi connectivity index (χ4v) is 0.427. The second-order valence-electron chi connectivity index (χ2n) is 1.21. The molecule has 0 spiro atoms. The van der Waals surface area contributed by atoms with Crippen molar-refractivity contribution in [3.05, 3.63) is 12.7 Å². The van der Waals surface area contributed by atoms with Crippen LogP contribution in [0.2, 0.25) is 0 Å². The second kappa shape index (κ2) is 1.69. The van der Waals surface area contributed by atoms with E-state index in [9.17, 15) is 0 Å². The topological polar surface area (TPSA) is 24.7 Å². The third-order valence-electron chi connectivity index (χ3n) is 0.741. The van der Waals surface area contributed by atoms with Gasteiger partial charge >= 0.3 is 0 Å². The summed E-state index contributed by atoms with van der Waals surface area (Å²) in [5.41, 5.74) is 0. The van der Waals surface area contributed by atoms with Crippen LogP contribution in [-0.2, 0) is 0 Å². The molecule has 0 saturated carbocycles. The van der Waals surface area contributed by atoms with Gasteiger partial charge in [-0.05, 0) is 6.08 Å². The molecule has 1 rings (SSSR count). The maximum Gasteiger partial charge on any atom is 0.146 e. The Balaban J connectivity index is 2.69. The summed E-state index contributed by atoms with van der Waals surface area (Å²) in [7, 11) is 0. The van der Waals surface area contributed by atoms with Gasteiger partial charge in [-0.15, -0.1) is 0 Å². The maximum absolute atomic E-state index is 3.93. The molecule has 1 aliphatic heterocycles. The van der Waals surface area contributed by atoms with Crippen LogP contribution in [0.3, 0.4) is 0 Å². The first-order chi connectivity index (χ1) is 3.43. The van der Waals surface area contributed by atoms with Gasteiger partial charge in [-0.2, -0.15) is 0 Å². The normalized spacial score (nSPS) is 16.9. The van der Waals surface area contributed by atoms with E-state index in [1.807, 2.05) is 0 Å². The van der Waals surface area contributed by atoms with Crippen LogP contribution in [0.25, 0.3) is 0 Å². The summed E-state index contributed by atoms with van der Waals surface area (Å²) in [4.78, 5) is 7.79. The zero-order valence-corrected chi connectivity index (χ0v) is 3.96. The van der Waals surface area contributed by atoms with Crippen LogP contribution in [0.15, 0.2) is 22.6 Å². The summed E-state index contributed by atoms with van der Waals surface area (Å²) in [6.45, 7) is 4.22. The van der Waals surface area contributed by atoms with Crippen molar-refractivity contribution in [1.82, 2.24) is 0 Å². The molecule has 36 valence electrons. The van der Waals surface area contributed by atoms with Gasteiger partial charge in [0.15, 0.2) is 0 Å². The fourth-order valence-electron chi connectivity index (χ4n) is 0.427. The molecule has 0 bridgehead atoms. The summed E-state index contributed by atoms with van der Waals surface area (Å²) < 4.78 is 0. The summed E-state index contributed by atoms with van der Waals surface area (Å²) in [5.74, 6) is 0.750. The lowest BCUT2D eigenvalue weighted by Gasteiger charge is -1.75. The third kappa shape index (κ3) is 0.738. The zero-order valence-electron chi connectivity index (χ0n) is 3.96. The Morgan fingerprint density at radius 1 is 1.86 bits per heavy atom. The first-order valence-electron chi connectivity index (χ1n) is 2.13. The van der Waals surface area contributed by atoms with Gasteiger partial charge < -0.3 is 0 Å². The van der Waals surface area contributed by atoms with Crippen LogP contribution >= 0.6 is 0 Å². The molecule has 0 saturated heterocycles. The highest BCUT2D eigenvalue weighted by Gasteiger charge is 1.90. The van der Waals surface area contributed by atoms with Gasteiger partial charge in [0.2, 0.25) is 0 Å². The van der Waals surface area contributed by atoms with Crippen molar-refractivity contribution in [3.63, 3.8) is 0 Å². The highest BCUT2D eigenvalue weighted by atomic mass is 15.0. The molecule has 0 N–H and O–H groups in total. The SMILES string of the molecule is C=CC1=NCC=N1. The number of rotatable bonds is 1. The molecule has 7 heavy (non-hydrogen) atoms. The van der Waals surface area contributed by atoms with E-state index in [1.165, 1.54) is 0 Å². The Hall–Kier alpha value is -0.920. The third-order valence-corrected chi connectivity index (χ3v) is 0.741. The number of nitrogens with zero attached hydrogens (tertiary/aromatic N) is 2. The second-order valence-corrected chi connectivity index (χ2v) is 1.21. The van der Waals surface area contributed by atoms with Gasteiger partial charge in [0.25, 0.3) is 0 Å². The van der Waals surface area contributed by atoms with E-state index in [0.29, 0.717) is 0 Å². The first kappa shape index (κ1) is 4.24. The smallest absolute Gasteiger partial charge is 0.146 e. The predicted molar refractivity (Wildman–Crippen MR) is 31.0 cm³/mol. The molecule has 0 amide bonds. The summed E-state index contributed by atoms with van der Waals surface area (Å²) in [6.07, 6.45) is 3.40. The molecule has 0 aliphatic carbocycles. The lowest BCUT2D eigenvalue weighted by molar-refractivity contribution is 1.37. The number of hydrogen-bond acceptors (Lipinski definition) is 2. The highest BCUT2D eigenvalue weighted by molar-refractivity contribution is 6.01. The maximum atomic E-state index is 3.93. The largest absolute Gasteiger partial charge is 0.261 e. The van der Waals surface area contributed by atoms with E-state index in [-0.39, 0.29) is 0 Å². The Morgan fingerprint density at radius 3 is 3.00 bits per heavy atom. The molecule has 0 fully saturated rings. The Bertz CT molecular complexity index is 133. The molecule has 0 unspecified atom stereocenters. The van der Waals surface area contributed by atoms with Crippen molar-refractivity contribution in [3.8, 4) is 0 Å². The van der Waals surface area contributed by atoms with Crippen LogP contribution in [0.1, 0.15) is 0 Å². The van der Waals surface area contributed by atoms with Gasteiger partial charge in [0, 0.05) is 6.21 Å². The van der Waals surface area contributed by atoms with Gasteiger partial charge in [0.05, 0.1) is 6.54 Å². The number of aliphatic imine (C=N–C) groups is 2. The number of amidine groups is 1. The summed E-state index contributed by atoms with van der Waals surface area (Å²) in [5, 5.41) is 0. The predicted octanol–water partition coefficient (Wildman–Crippen LogP) is 0.655. The van der Waals surface area contributed by atoms with Gasteiger partial charge in [-0.3, -0.25) is 4.99 Å². The first-order valence-corrected chi connectivity index (χ1v) is 2.13. The molecule has 2 nitrogen and oxygen atoms in total. The monoisotopic (exact) mass is 94.1 g/mol. The average Bonchev–Trinajstić information content (AvgIpc) is 2.14. The standard InChI is InChI=1S/C5H6N2/c1-2-5-6-3-4-7-5/h2-3H,1,4H2. The van der Waals surface area contributed by atoms with Crippen LogP contribution < -0.4 is 0 Å². The van der Waals surface area contributed by atoms with Gasteiger partial charge in [0.1, 0.15) is 5.84 Å². The molecule has 0 aromatic rings. The molecule has 1 aliphatic rings. The van der Waals surface area contributed by atoms with Crippen LogP contribution in [0.5, 0.6) is 0 Å². The van der Waals surface area contributed by atoms with E-state index in [1.54, 1.807) is 12.3 Å². The Labute approximate surface area is 42.3 Å². The quantitative estimate of drug-likeness (QED) is 0.456. The Morgan fingerprint density at radius 2 is 2.71 bits per heavy atom. The lowest BCUT2D eigenvalue weighted by Crippen LogP contribution is -1.77. The minimum Gasteiger partial charge on any atom is -0.261 e. The molecule has 2 heteroatoms. The molecule has 0 radical (unpaired) electrons. The van der Waals surface area contributed by atoms with Crippen molar-refractivity contribution < 1.29 is 0 Å². The minimum absolute atomic E-state index is 0.724. The van der Waals surface area contributed by atoms with Crippen LogP contribution in [-0.4, -0.2) is 18.6 Å². The van der Waals surface area contributed by atoms with E-state index in [0.717, 1.165) is 12.4 Å². The minimum atomic E-state index is 0.724. The van der Waals surface area contributed by atoms with E-state index < -0.39 is 0 Å². The van der Waals surface area contributed by atoms with Crippen molar-refractivity contribution in [1.29, 1.82) is 0 Å². The Kier molecular flexibility index (Phi) is 1.02. The fraction of sp³-hybridized carbons (Fsp3) is 0.200. The molecular weight excluding hydrogens is 88.1 g/mol. The zero-order chi connectivity index (χ0) is 5.11. The highest BCUT2D eigenvalue weighted by Crippen LogP contribution is 1.87. The van der Waals surface area contributed by atoms with Gasteiger partial charge in [-0.25, -0.2) is 4.99 Å². The van der Waals surface area contributed by atoms with E-state index in [4.69, 9.17) is 0 Å². The number of hydrogen-bond donors (Lipinski definition) is 0. The van der Waals surface area contributed by atoms with Crippen LogP contribution in [0, 0.1) is 0 Å². The molecular formula is C5H6N2. The van der Waals surface area contributed by atoms with Crippen LogP contribution in [0.4, 0.5) is 0 Å². The van der Waals surface area contributed by atoms with Crippen molar-refractivity contribution >= 4 is 12.1 Å². The van der Waals surface area contributed by atoms with E-state index >= 15 is 0 Å². The van der Waals surface area contributed by atoms with Crippen molar-refractivity contribution in [2.75, 3.05) is 6.54 Å². The van der Waals surface area contributed by atoms with Crippen molar-refractivity contribution in [2.24, 2.45) is 9.98 Å². The molecule has 0 aromatic heterocycles. The average molecular weight is 94.1 g/mol. The van der Waals surface area contributed by atoms with Gasteiger partial charge in [-0.1, -0.05) is 6.58 Å². The van der Waals surface area contributed by atoms with Crippen molar-refractivity contribution in [2.45, 2.75) is 0 Å². The molecule has 0 atom stereocenters. The molecule has 0 aromatic carbocycles. The van der Waals surface area contributed by atoms with E-state index in [2.05, 4.69) is 16.6 Å². The molecule has 1 heterocycles. The lowest BCUT2D eigenvalue weighted by atomic mass is 10.6. The summed E-state index contributed by atoms with van der Waals surface area (Å²) in [6, 6.07) is 0. The summed E-state index contributed by atoms with van der Waals surface area (Å²) >= 11 is 0.